The van der Waals surface area contributed by atoms with Gasteiger partial charge in [-0.05, 0) is 43.5 Å². The molecular formula is C21H24F3NO4. The van der Waals surface area contributed by atoms with Crippen LogP contribution in [0, 0.1) is 18.3 Å². The first kappa shape index (κ1) is 22.8. The summed E-state index contributed by atoms with van der Waals surface area (Å²) < 4.78 is 50.1. The van der Waals surface area contributed by atoms with E-state index < -0.39 is 29.9 Å². The molecule has 1 amide bonds. The van der Waals surface area contributed by atoms with E-state index in [0.29, 0.717) is 25.0 Å². The fraction of sp³-hybridized carbons (Fsp3) is 0.476. The van der Waals surface area contributed by atoms with Gasteiger partial charge in [0.2, 0.25) is 6.29 Å². The van der Waals surface area contributed by atoms with Crippen LogP contribution >= 0.6 is 0 Å². The number of halogens is 3. The lowest BCUT2D eigenvalue weighted by Gasteiger charge is -2.37. The number of hydrogen-bond acceptors (Lipinski definition) is 4. The number of allylic oxidation sites excluding steroid dienone is 1. The van der Waals surface area contributed by atoms with Gasteiger partial charge in [0.25, 0.3) is 5.91 Å². The van der Waals surface area contributed by atoms with Crippen LogP contribution in [-0.2, 0) is 20.4 Å². The van der Waals surface area contributed by atoms with Crippen LogP contribution in [0.3, 0.4) is 0 Å². The molecule has 0 aromatic heterocycles. The molecule has 0 radical (unpaired) electrons. The largest absolute Gasteiger partial charge is 0.459 e. The van der Waals surface area contributed by atoms with Gasteiger partial charge in [-0.25, -0.2) is 0 Å². The quantitative estimate of drug-likeness (QED) is 0.645. The molecule has 1 aliphatic rings. The second kappa shape index (κ2) is 10.3. The lowest BCUT2D eigenvalue weighted by molar-refractivity contribution is -0.166. The molecule has 2 N–H and O–H groups in total. The number of aliphatic hydroxyl groups excluding tert-OH is 1. The first-order valence-electron chi connectivity index (χ1n) is 9.31. The Bertz CT molecular complexity index is 753. The standard InChI is InChI=1S/C21H24F3NO4/c1-3-11-25-19(27)18-13-17(14-7-9-15(10-8-14)21(22,23)24)16(6-5-12-26)20(29-18)28-4-2/h1,7-10,13,16-17,20,26H,4-6,11-12H2,2H3,(H,25,27). The second-order valence-corrected chi connectivity index (χ2v) is 6.53. The summed E-state index contributed by atoms with van der Waals surface area (Å²) in [6.45, 7) is 2.06. The molecule has 3 unspecified atom stereocenters. The van der Waals surface area contributed by atoms with Crippen LogP contribution < -0.4 is 5.32 Å². The van der Waals surface area contributed by atoms with Gasteiger partial charge in [0.1, 0.15) is 0 Å². The predicted octanol–water partition coefficient (Wildman–Crippen LogP) is 3.20. The van der Waals surface area contributed by atoms with Crippen molar-refractivity contribution in [3.63, 3.8) is 0 Å². The minimum atomic E-state index is -4.44. The Balaban J connectivity index is 2.41. The van der Waals surface area contributed by atoms with Crippen molar-refractivity contribution < 1.29 is 32.5 Å². The molecule has 0 spiro atoms. The maximum atomic E-state index is 12.9. The minimum Gasteiger partial charge on any atom is -0.459 e. The van der Waals surface area contributed by atoms with Crippen LogP contribution in [0.4, 0.5) is 13.2 Å². The van der Waals surface area contributed by atoms with Gasteiger partial charge in [0.05, 0.1) is 12.1 Å². The Morgan fingerprint density at radius 1 is 1.34 bits per heavy atom. The molecule has 0 saturated carbocycles. The van der Waals surface area contributed by atoms with Gasteiger partial charge in [-0.1, -0.05) is 18.1 Å². The van der Waals surface area contributed by atoms with Gasteiger partial charge in [-0.2, -0.15) is 13.2 Å². The zero-order chi connectivity index (χ0) is 21.4. The summed E-state index contributed by atoms with van der Waals surface area (Å²) >= 11 is 0. The number of ether oxygens (including phenoxy) is 2. The molecule has 2 rings (SSSR count). The van der Waals surface area contributed by atoms with E-state index in [2.05, 4.69) is 11.2 Å². The predicted molar refractivity (Wildman–Crippen MR) is 100 cm³/mol. The number of rotatable bonds is 8. The Hall–Kier alpha value is -2.50. The van der Waals surface area contributed by atoms with Gasteiger partial charge in [-0.3, -0.25) is 4.79 Å². The van der Waals surface area contributed by atoms with Crippen LogP contribution in [0.15, 0.2) is 36.1 Å². The summed E-state index contributed by atoms with van der Waals surface area (Å²) in [5.74, 6) is 1.06. The van der Waals surface area contributed by atoms with Crippen molar-refractivity contribution in [2.45, 2.75) is 38.1 Å². The van der Waals surface area contributed by atoms with Crippen molar-refractivity contribution >= 4 is 5.91 Å². The molecule has 8 heteroatoms. The maximum absolute atomic E-state index is 12.9. The summed E-state index contributed by atoms with van der Waals surface area (Å²) in [4.78, 5) is 12.3. The van der Waals surface area contributed by atoms with Gasteiger partial charge in [-0.15, -0.1) is 6.42 Å². The number of hydrogen-bond donors (Lipinski definition) is 2. The zero-order valence-corrected chi connectivity index (χ0v) is 16.0. The molecule has 1 aliphatic heterocycles. The average molecular weight is 411 g/mol. The van der Waals surface area contributed by atoms with Crippen LogP contribution in [0.2, 0.25) is 0 Å². The molecule has 0 fully saturated rings. The Kier molecular flexibility index (Phi) is 8.11. The molecule has 0 saturated heterocycles. The number of alkyl halides is 3. The van der Waals surface area contributed by atoms with E-state index in [9.17, 15) is 23.1 Å². The number of amides is 1. The molecule has 0 aliphatic carbocycles. The molecule has 5 nitrogen and oxygen atoms in total. The minimum absolute atomic E-state index is 0.00356. The van der Waals surface area contributed by atoms with Crippen molar-refractivity contribution in [2.75, 3.05) is 19.8 Å². The van der Waals surface area contributed by atoms with Crippen LogP contribution in [0.1, 0.15) is 36.8 Å². The van der Waals surface area contributed by atoms with E-state index in [1.807, 2.05) is 0 Å². The van der Waals surface area contributed by atoms with E-state index in [-0.39, 0.29) is 24.8 Å². The summed E-state index contributed by atoms with van der Waals surface area (Å²) in [6, 6.07) is 4.80. The number of aliphatic hydroxyl groups is 1. The van der Waals surface area contributed by atoms with Crippen molar-refractivity contribution in [1.82, 2.24) is 5.32 Å². The lowest BCUT2D eigenvalue weighted by atomic mass is 9.80. The molecule has 29 heavy (non-hydrogen) atoms. The van der Waals surface area contributed by atoms with Gasteiger partial charge < -0.3 is 19.9 Å². The number of carbonyl (C=O) groups is 1. The van der Waals surface area contributed by atoms with Crippen molar-refractivity contribution in [3.8, 4) is 12.3 Å². The van der Waals surface area contributed by atoms with E-state index in [4.69, 9.17) is 15.9 Å². The monoisotopic (exact) mass is 411 g/mol. The Morgan fingerprint density at radius 3 is 2.59 bits per heavy atom. The normalized spacial score (nSPS) is 21.7. The third-order valence-electron chi connectivity index (χ3n) is 4.61. The SMILES string of the molecule is C#CCNC(=O)C1=CC(c2ccc(C(F)(F)F)cc2)C(CCCO)C(OCC)O1. The highest BCUT2D eigenvalue weighted by molar-refractivity contribution is 5.91. The molecule has 1 heterocycles. The average Bonchev–Trinajstić information content (AvgIpc) is 2.70. The Morgan fingerprint density at radius 2 is 2.03 bits per heavy atom. The Labute approximate surface area is 167 Å². The van der Waals surface area contributed by atoms with Crippen molar-refractivity contribution in [1.29, 1.82) is 0 Å². The third kappa shape index (κ3) is 5.99. The van der Waals surface area contributed by atoms with E-state index in [1.165, 1.54) is 12.1 Å². The summed E-state index contributed by atoms with van der Waals surface area (Å²) in [6.07, 6.45) is 2.48. The van der Waals surface area contributed by atoms with Crippen LogP contribution in [0.5, 0.6) is 0 Å². The topological polar surface area (TPSA) is 67.8 Å². The van der Waals surface area contributed by atoms with E-state index in [1.54, 1.807) is 13.0 Å². The molecule has 1 aromatic carbocycles. The highest BCUT2D eigenvalue weighted by Gasteiger charge is 2.38. The molecule has 158 valence electrons. The number of terminal acetylenes is 1. The fourth-order valence-corrected chi connectivity index (χ4v) is 3.26. The van der Waals surface area contributed by atoms with Crippen molar-refractivity contribution in [3.05, 3.63) is 47.2 Å². The number of carbonyl (C=O) groups excluding carboxylic acids is 1. The molecule has 3 atom stereocenters. The lowest BCUT2D eigenvalue weighted by Crippen LogP contribution is -2.39. The van der Waals surface area contributed by atoms with Crippen LogP contribution in [-0.4, -0.2) is 37.1 Å². The van der Waals surface area contributed by atoms with Gasteiger partial charge >= 0.3 is 6.18 Å². The fourth-order valence-electron chi connectivity index (χ4n) is 3.26. The maximum Gasteiger partial charge on any atom is 0.416 e. The van der Waals surface area contributed by atoms with Crippen LogP contribution in [0.25, 0.3) is 0 Å². The number of benzene rings is 1. The van der Waals surface area contributed by atoms with Gasteiger partial charge in [0, 0.05) is 25.0 Å². The van der Waals surface area contributed by atoms with E-state index >= 15 is 0 Å². The first-order valence-corrected chi connectivity index (χ1v) is 9.31. The zero-order valence-electron chi connectivity index (χ0n) is 16.0. The highest BCUT2D eigenvalue weighted by Crippen LogP contribution is 2.40. The summed E-state index contributed by atoms with van der Waals surface area (Å²) in [5.41, 5.74) is -0.159. The second-order valence-electron chi connectivity index (χ2n) is 6.53. The highest BCUT2D eigenvalue weighted by atomic mass is 19.4. The van der Waals surface area contributed by atoms with Crippen molar-refractivity contribution in [2.24, 2.45) is 5.92 Å². The third-order valence-corrected chi connectivity index (χ3v) is 4.61. The summed E-state index contributed by atoms with van der Waals surface area (Å²) in [5, 5.41) is 11.7. The molecular weight excluding hydrogens is 387 g/mol. The number of nitrogens with one attached hydrogen (secondary N) is 1. The van der Waals surface area contributed by atoms with E-state index in [0.717, 1.165) is 12.1 Å². The first-order chi connectivity index (χ1) is 13.8. The molecule has 1 aromatic rings. The smallest absolute Gasteiger partial charge is 0.416 e. The molecule has 0 bridgehead atoms. The summed E-state index contributed by atoms with van der Waals surface area (Å²) in [7, 11) is 0. The van der Waals surface area contributed by atoms with Gasteiger partial charge in [0.15, 0.2) is 5.76 Å².